The minimum Gasteiger partial charge on any atom is -0.444 e. The molecule has 0 rings (SSSR count). The molecule has 0 fully saturated rings. The van der Waals surface area contributed by atoms with Gasteiger partial charge in [-0.3, -0.25) is 0 Å². The molecule has 166 valence electrons. The number of amides is 2. The van der Waals surface area contributed by atoms with Gasteiger partial charge in [-0.15, -0.1) is 0 Å². The molecular formula is C22H44N2O4. The lowest BCUT2D eigenvalue weighted by molar-refractivity contribution is 0.0420. The Bertz CT molecular complexity index is 409. The Kier molecular flexibility index (Phi) is 13.0. The lowest BCUT2D eigenvalue weighted by atomic mass is 10.1. The fraction of sp³-hybridized carbons (Fsp3) is 0.909. The highest BCUT2D eigenvalue weighted by molar-refractivity contribution is 5.71. The van der Waals surface area contributed by atoms with E-state index in [2.05, 4.69) is 17.6 Å². The van der Waals surface area contributed by atoms with Gasteiger partial charge in [0, 0.05) is 0 Å². The monoisotopic (exact) mass is 400 g/mol. The Morgan fingerprint density at radius 3 is 1.39 bits per heavy atom. The molecule has 0 spiro atoms. The summed E-state index contributed by atoms with van der Waals surface area (Å²) in [6.45, 7) is 13.1. The maximum absolute atomic E-state index is 12.1. The van der Waals surface area contributed by atoms with Crippen molar-refractivity contribution in [2.24, 2.45) is 0 Å². The number of unbranched alkanes of at least 4 members (excludes halogenated alkanes) is 8. The first-order valence-corrected chi connectivity index (χ1v) is 10.9. The summed E-state index contributed by atoms with van der Waals surface area (Å²) in [6, 6.07) is 0. The number of rotatable bonds is 12. The molecule has 0 saturated carbocycles. The van der Waals surface area contributed by atoms with E-state index in [4.69, 9.17) is 9.47 Å². The normalized spacial score (nSPS) is 12.0. The van der Waals surface area contributed by atoms with Crippen molar-refractivity contribution in [1.29, 1.82) is 0 Å². The highest BCUT2D eigenvalue weighted by Crippen LogP contribution is 2.13. The van der Waals surface area contributed by atoms with Crippen LogP contribution in [-0.2, 0) is 9.47 Å². The van der Waals surface area contributed by atoms with Gasteiger partial charge in [-0.05, 0) is 54.4 Å². The van der Waals surface area contributed by atoms with E-state index < -0.39 is 29.6 Å². The summed E-state index contributed by atoms with van der Waals surface area (Å²) in [5.41, 5.74) is -1.17. The number of carbonyl (C=O) groups excluding carboxylic acids is 2. The zero-order chi connectivity index (χ0) is 21.6. The molecule has 2 N–H and O–H groups in total. The van der Waals surface area contributed by atoms with Crippen LogP contribution in [0.5, 0.6) is 0 Å². The quantitative estimate of drug-likeness (QED) is 0.298. The van der Waals surface area contributed by atoms with Crippen molar-refractivity contribution in [1.82, 2.24) is 10.6 Å². The molecule has 0 radical (unpaired) electrons. The number of hydrogen-bond acceptors (Lipinski definition) is 4. The predicted octanol–water partition coefficient (Wildman–Crippen LogP) is 6.28. The van der Waals surface area contributed by atoms with Gasteiger partial charge < -0.3 is 20.1 Å². The third kappa shape index (κ3) is 17.9. The van der Waals surface area contributed by atoms with Crippen molar-refractivity contribution in [3.05, 3.63) is 0 Å². The molecule has 6 nitrogen and oxygen atoms in total. The van der Waals surface area contributed by atoms with E-state index in [1.165, 1.54) is 44.9 Å². The third-order valence-corrected chi connectivity index (χ3v) is 3.98. The summed E-state index contributed by atoms with van der Waals surface area (Å²) in [6.07, 6.45) is 10.0. The molecule has 2 amide bonds. The van der Waals surface area contributed by atoms with Crippen molar-refractivity contribution in [2.45, 2.75) is 130 Å². The molecular weight excluding hydrogens is 356 g/mol. The summed E-state index contributed by atoms with van der Waals surface area (Å²) in [4.78, 5) is 24.1. The Hall–Kier alpha value is -1.46. The van der Waals surface area contributed by atoms with Crippen LogP contribution in [0.15, 0.2) is 0 Å². The van der Waals surface area contributed by atoms with Crippen LogP contribution in [0.3, 0.4) is 0 Å². The van der Waals surface area contributed by atoms with Crippen LogP contribution in [-0.4, -0.2) is 29.6 Å². The van der Waals surface area contributed by atoms with Gasteiger partial charge in [-0.25, -0.2) is 9.59 Å². The van der Waals surface area contributed by atoms with E-state index in [9.17, 15) is 9.59 Å². The van der Waals surface area contributed by atoms with Crippen LogP contribution >= 0.6 is 0 Å². The number of hydrogen-bond donors (Lipinski definition) is 2. The molecule has 0 aromatic heterocycles. The van der Waals surface area contributed by atoms with Crippen molar-refractivity contribution in [3.63, 3.8) is 0 Å². The summed E-state index contributed by atoms with van der Waals surface area (Å²) in [7, 11) is 0. The molecule has 28 heavy (non-hydrogen) atoms. The fourth-order valence-corrected chi connectivity index (χ4v) is 2.74. The van der Waals surface area contributed by atoms with Gasteiger partial charge in [-0.2, -0.15) is 0 Å². The predicted molar refractivity (Wildman–Crippen MR) is 114 cm³/mol. The molecule has 0 saturated heterocycles. The van der Waals surface area contributed by atoms with Gasteiger partial charge in [0.15, 0.2) is 0 Å². The van der Waals surface area contributed by atoms with Crippen molar-refractivity contribution in [3.8, 4) is 0 Å². The van der Waals surface area contributed by atoms with Crippen LogP contribution in [0.1, 0.15) is 113 Å². The second-order valence-electron chi connectivity index (χ2n) is 9.46. The first-order valence-electron chi connectivity index (χ1n) is 10.9. The minimum atomic E-state index is -0.585. The van der Waals surface area contributed by atoms with Gasteiger partial charge >= 0.3 is 12.2 Å². The molecule has 6 heteroatoms. The largest absolute Gasteiger partial charge is 0.444 e. The molecule has 0 aromatic carbocycles. The van der Waals surface area contributed by atoms with E-state index in [-0.39, 0.29) is 0 Å². The van der Waals surface area contributed by atoms with Crippen molar-refractivity contribution in [2.75, 3.05) is 0 Å². The van der Waals surface area contributed by atoms with E-state index in [1.807, 2.05) is 41.5 Å². The Morgan fingerprint density at radius 2 is 1.04 bits per heavy atom. The molecule has 0 aliphatic heterocycles. The average Bonchev–Trinajstić information content (AvgIpc) is 2.49. The van der Waals surface area contributed by atoms with Gasteiger partial charge in [0.05, 0.1) is 0 Å². The molecule has 0 unspecified atom stereocenters. The summed E-state index contributed by atoms with van der Waals surface area (Å²) in [5, 5.41) is 5.48. The highest BCUT2D eigenvalue weighted by Gasteiger charge is 2.23. The Labute approximate surface area is 172 Å². The number of alkyl carbamates (subject to hydrolysis) is 2. The molecule has 0 aliphatic rings. The molecule has 0 aliphatic carbocycles. The van der Waals surface area contributed by atoms with E-state index in [0.29, 0.717) is 6.42 Å². The summed E-state index contributed by atoms with van der Waals surface area (Å²) in [5.74, 6) is 0. The average molecular weight is 401 g/mol. The van der Waals surface area contributed by atoms with Crippen LogP contribution in [0.25, 0.3) is 0 Å². The lowest BCUT2D eigenvalue weighted by Gasteiger charge is -2.26. The fourth-order valence-electron chi connectivity index (χ4n) is 2.74. The van der Waals surface area contributed by atoms with Gasteiger partial charge in [0.2, 0.25) is 0 Å². The number of nitrogens with one attached hydrogen (secondary N) is 2. The maximum Gasteiger partial charge on any atom is 0.409 e. The first kappa shape index (κ1) is 26.5. The van der Waals surface area contributed by atoms with Gasteiger partial charge in [-0.1, -0.05) is 58.3 Å². The van der Waals surface area contributed by atoms with Crippen LogP contribution in [0.4, 0.5) is 9.59 Å². The first-order chi connectivity index (χ1) is 12.9. The van der Waals surface area contributed by atoms with E-state index in [0.717, 1.165) is 12.8 Å². The second-order valence-corrected chi connectivity index (χ2v) is 9.46. The minimum absolute atomic E-state index is 0.505. The molecule has 0 atom stereocenters. The molecule has 0 aromatic rings. The Balaban J connectivity index is 4.33. The van der Waals surface area contributed by atoms with Crippen LogP contribution in [0, 0.1) is 0 Å². The van der Waals surface area contributed by atoms with Crippen molar-refractivity contribution >= 4 is 12.2 Å². The zero-order valence-corrected chi connectivity index (χ0v) is 19.3. The van der Waals surface area contributed by atoms with Crippen molar-refractivity contribution < 1.29 is 19.1 Å². The topological polar surface area (TPSA) is 76.7 Å². The highest BCUT2D eigenvalue weighted by atomic mass is 16.6. The molecule has 0 heterocycles. The number of carbonyl (C=O) groups is 2. The molecule has 0 bridgehead atoms. The standard InChI is InChI=1S/C22H44N2O4/c1-8-9-10-11-12-13-14-15-16-17-18(23-19(25)27-21(2,3)4)24-20(26)28-22(5,6)7/h18H,8-17H2,1-7H3,(H,23,25)(H,24,26). The van der Waals surface area contributed by atoms with Crippen LogP contribution in [0.2, 0.25) is 0 Å². The Morgan fingerprint density at radius 1 is 0.679 bits per heavy atom. The summed E-state index contributed by atoms with van der Waals surface area (Å²) < 4.78 is 10.6. The maximum atomic E-state index is 12.1. The smallest absolute Gasteiger partial charge is 0.409 e. The summed E-state index contributed by atoms with van der Waals surface area (Å²) >= 11 is 0. The van der Waals surface area contributed by atoms with Crippen LogP contribution < -0.4 is 10.6 Å². The second kappa shape index (κ2) is 13.7. The van der Waals surface area contributed by atoms with Gasteiger partial charge in [0.1, 0.15) is 17.4 Å². The van der Waals surface area contributed by atoms with E-state index >= 15 is 0 Å². The van der Waals surface area contributed by atoms with Gasteiger partial charge in [0.25, 0.3) is 0 Å². The SMILES string of the molecule is CCCCCCCCCCCC(NC(=O)OC(C)(C)C)NC(=O)OC(C)(C)C. The zero-order valence-electron chi connectivity index (χ0n) is 19.3. The van der Waals surface area contributed by atoms with E-state index in [1.54, 1.807) is 0 Å². The number of ether oxygens (including phenoxy) is 2. The lowest BCUT2D eigenvalue weighted by Crippen LogP contribution is -2.50. The third-order valence-electron chi connectivity index (χ3n) is 3.98.